The normalized spacial score (nSPS) is 10.9. The SMILES string of the molecule is Cc1cc(C)c(-n2nc(C)nc2-c2cccc(-c3c(C)cc(C#N)cc3C)c2)c(C)c1. The van der Waals surface area contributed by atoms with E-state index in [9.17, 15) is 5.26 Å². The zero-order valence-corrected chi connectivity index (χ0v) is 18.9. The van der Waals surface area contributed by atoms with Crippen LogP contribution in [0.5, 0.6) is 0 Å². The Labute approximate surface area is 183 Å². The third kappa shape index (κ3) is 3.75. The van der Waals surface area contributed by atoms with Gasteiger partial charge in [0.05, 0.1) is 17.3 Å². The molecule has 0 amide bonds. The number of aromatic nitrogens is 3. The van der Waals surface area contributed by atoms with E-state index >= 15 is 0 Å². The molecule has 0 bridgehead atoms. The summed E-state index contributed by atoms with van der Waals surface area (Å²) in [6, 6.07) is 18.9. The highest BCUT2D eigenvalue weighted by atomic mass is 15.4. The van der Waals surface area contributed by atoms with Crippen LogP contribution in [0, 0.1) is 52.9 Å². The van der Waals surface area contributed by atoms with Crippen molar-refractivity contribution < 1.29 is 0 Å². The molecule has 0 aliphatic rings. The van der Waals surface area contributed by atoms with Crippen LogP contribution >= 0.6 is 0 Å². The van der Waals surface area contributed by atoms with Gasteiger partial charge in [-0.05, 0) is 93.1 Å². The van der Waals surface area contributed by atoms with Crippen LogP contribution in [0.1, 0.15) is 39.2 Å². The van der Waals surface area contributed by atoms with E-state index in [0.29, 0.717) is 5.56 Å². The number of aryl methyl sites for hydroxylation is 6. The number of nitrogens with zero attached hydrogens (tertiary/aromatic N) is 4. The van der Waals surface area contributed by atoms with Crippen LogP contribution in [0.25, 0.3) is 28.2 Å². The first-order chi connectivity index (χ1) is 14.8. The van der Waals surface area contributed by atoms with Gasteiger partial charge in [0.2, 0.25) is 0 Å². The summed E-state index contributed by atoms with van der Waals surface area (Å²) in [5.41, 5.74) is 10.8. The first kappa shape index (κ1) is 20.6. The Morgan fingerprint density at radius 1 is 0.774 bits per heavy atom. The maximum atomic E-state index is 9.28. The van der Waals surface area contributed by atoms with E-state index in [1.807, 2.05) is 23.7 Å². The van der Waals surface area contributed by atoms with Gasteiger partial charge in [-0.25, -0.2) is 9.67 Å². The van der Waals surface area contributed by atoms with Crippen LogP contribution in [0.2, 0.25) is 0 Å². The molecular weight excluding hydrogens is 380 g/mol. The molecular formula is C27H26N4. The van der Waals surface area contributed by atoms with Gasteiger partial charge in [-0.3, -0.25) is 0 Å². The molecule has 0 aliphatic heterocycles. The Hall–Kier alpha value is -3.71. The van der Waals surface area contributed by atoms with E-state index in [1.165, 1.54) is 16.7 Å². The van der Waals surface area contributed by atoms with E-state index < -0.39 is 0 Å². The molecule has 0 N–H and O–H groups in total. The van der Waals surface area contributed by atoms with Gasteiger partial charge in [0, 0.05) is 5.56 Å². The molecule has 31 heavy (non-hydrogen) atoms. The Morgan fingerprint density at radius 3 is 2.00 bits per heavy atom. The average Bonchev–Trinajstić information content (AvgIpc) is 3.08. The molecule has 0 atom stereocenters. The van der Waals surface area contributed by atoms with Crippen molar-refractivity contribution in [2.24, 2.45) is 0 Å². The van der Waals surface area contributed by atoms with Crippen LogP contribution in [0.3, 0.4) is 0 Å². The smallest absolute Gasteiger partial charge is 0.163 e. The molecule has 0 aliphatic carbocycles. The number of rotatable bonds is 3. The minimum absolute atomic E-state index is 0.690. The minimum Gasteiger partial charge on any atom is -0.212 e. The van der Waals surface area contributed by atoms with Gasteiger partial charge in [-0.15, -0.1) is 0 Å². The number of hydrogen-bond donors (Lipinski definition) is 0. The fraction of sp³-hybridized carbons (Fsp3) is 0.222. The number of benzene rings is 3. The summed E-state index contributed by atoms with van der Waals surface area (Å²) in [4.78, 5) is 4.78. The molecule has 0 radical (unpaired) electrons. The highest BCUT2D eigenvalue weighted by molar-refractivity contribution is 5.76. The summed E-state index contributed by atoms with van der Waals surface area (Å²) in [5.74, 6) is 1.57. The molecule has 4 heteroatoms. The molecule has 4 rings (SSSR count). The van der Waals surface area contributed by atoms with Crippen molar-refractivity contribution >= 4 is 0 Å². The van der Waals surface area contributed by atoms with Crippen LogP contribution in [-0.4, -0.2) is 14.8 Å². The van der Waals surface area contributed by atoms with Gasteiger partial charge in [0.15, 0.2) is 5.82 Å². The second-order valence-corrected chi connectivity index (χ2v) is 8.32. The van der Waals surface area contributed by atoms with Gasteiger partial charge in [0.25, 0.3) is 0 Å². The van der Waals surface area contributed by atoms with Crippen LogP contribution in [0.15, 0.2) is 48.5 Å². The fourth-order valence-electron chi connectivity index (χ4n) is 4.56. The Bertz CT molecular complexity index is 1310. The summed E-state index contributed by atoms with van der Waals surface area (Å²) in [6.45, 7) is 12.4. The number of nitriles is 1. The van der Waals surface area contributed by atoms with E-state index in [4.69, 9.17) is 10.1 Å². The van der Waals surface area contributed by atoms with Crippen molar-refractivity contribution in [1.82, 2.24) is 14.8 Å². The summed E-state index contributed by atoms with van der Waals surface area (Å²) in [5, 5.41) is 14.0. The van der Waals surface area contributed by atoms with Gasteiger partial charge < -0.3 is 0 Å². The van der Waals surface area contributed by atoms with E-state index in [1.54, 1.807) is 0 Å². The molecule has 0 unspecified atom stereocenters. The van der Waals surface area contributed by atoms with E-state index in [-0.39, 0.29) is 0 Å². The molecule has 154 valence electrons. The average molecular weight is 407 g/mol. The molecule has 0 fully saturated rings. The summed E-state index contributed by atoms with van der Waals surface area (Å²) in [6.07, 6.45) is 0. The second-order valence-electron chi connectivity index (χ2n) is 8.32. The van der Waals surface area contributed by atoms with Crippen molar-refractivity contribution in [2.75, 3.05) is 0 Å². The lowest BCUT2D eigenvalue weighted by Gasteiger charge is -2.15. The molecule has 0 saturated carbocycles. The summed E-state index contributed by atoms with van der Waals surface area (Å²) < 4.78 is 1.97. The van der Waals surface area contributed by atoms with Gasteiger partial charge >= 0.3 is 0 Å². The Kier molecular flexibility index (Phi) is 5.20. The van der Waals surface area contributed by atoms with Gasteiger partial charge in [-0.1, -0.05) is 35.9 Å². The topological polar surface area (TPSA) is 54.5 Å². The molecule has 4 nitrogen and oxygen atoms in total. The lowest BCUT2D eigenvalue weighted by atomic mass is 9.93. The van der Waals surface area contributed by atoms with E-state index in [0.717, 1.165) is 45.2 Å². The predicted molar refractivity (Wildman–Crippen MR) is 125 cm³/mol. The van der Waals surface area contributed by atoms with Crippen molar-refractivity contribution in [1.29, 1.82) is 5.26 Å². The third-order valence-corrected chi connectivity index (χ3v) is 5.63. The predicted octanol–water partition coefficient (Wildman–Crippen LogP) is 6.32. The molecule has 1 aromatic heterocycles. The van der Waals surface area contributed by atoms with Crippen molar-refractivity contribution in [3.8, 4) is 34.3 Å². The van der Waals surface area contributed by atoms with Crippen molar-refractivity contribution in [3.05, 3.63) is 87.7 Å². The first-order valence-corrected chi connectivity index (χ1v) is 10.4. The Balaban J connectivity index is 1.89. The van der Waals surface area contributed by atoms with Crippen molar-refractivity contribution in [2.45, 2.75) is 41.5 Å². The Morgan fingerprint density at radius 2 is 1.39 bits per heavy atom. The molecule has 0 spiro atoms. The summed E-state index contributed by atoms with van der Waals surface area (Å²) in [7, 11) is 0. The molecule has 3 aromatic carbocycles. The fourth-order valence-corrected chi connectivity index (χ4v) is 4.56. The van der Waals surface area contributed by atoms with Gasteiger partial charge in [-0.2, -0.15) is 10.4 Å². The molecule has 1 heterocycles. The monoisotopic (exact) mass is 406 g/mol. The summed E-state index contributed by atoms with van der Waals surface area (Å²) >= 11 is 0. The van der Waals surface area contributed by atoms with Crippen LogP contribution in [-0.2, 0) is 0 Å². The number of hydrogen-bond acceptors (Lipinski definition) is 3. The van der Waals surface area contributed by atoms with Crippen LogP contribution < -0.4 is 0 Å². The maximum Gasteiger partial charge on any atom is 0.163 e. The minimum atomic E-state index is 0.690. The lowest BCUT2D eigenvalue weighted by Crippen LogP contribution is -2.05. The van der Waals surface area contributed by atoms with Gasteiger partial charge in [0.1, 0.15) is 5.82 Å². The van der Waals surface area contributed by atoms with E-state index in [2.05, 4.69) is 77.1 Å². The quantitative estimate of drug-likeness (QED) is 0.400. The third-order valence-electron chi connectivity index (χ3n) is 5.63. The molecule has 4 aromatic rings. The zero-order chi connectivity index (χ0) is 22.3. The van der Waals surface area contributed by atoms with Crippen molar-refractivity contribution in [3.63, 3.8) is 0 Å². The zero-order valence-electron chi connectivity index (χ0n) is 18.9. The largest absolute Gasteiger partial charge is 0.212 e. The second kappa shape index (κ2) is 7.85. The van der Waals surface area contributed by atoms with Crippen LogP contribution in [0.4, 0.5) is 0 Å². The molecule has 0 saturated heterocycles. The maximum absolute atomic E-state index is 9.28. The highest BCUT2D eigenvalue weighted by Crippen LogP contribution is 2.32. The highest BCUT2D eigenvalue weighted by Gasteiger charge is 2.17. The first-order valence-electron chi connectivity index (χ1n) is 10.4. The lowest BCUT2D eigenvalue weighted by molar-refractivity contribution is 0.854. The standard InChI is InChI=1S/C27H26N4/c1-16-10-19(4)26(20(5)11-16)31-27(29-21(6)30-31)24-9-7-8-23(14-24)25-17(2)12-22(15-28)13-18(25)3/h7-14H,1-6H3.